The SMILES string of the molecule is COC(=O)C[C@@H]1COc2cc(O[C@@H]3CCc4c3ccc(C(F)(F)F)c4Cc3ccc(OC(C)=O)cc3)ccc21. The predicted molar refractivity (Wildman–Crippen MR) is 135 cm³/mol. The van der Waals surface area contributed by atoms with Gasteiger partial charge in [0.2, 0.25) is 0 Å². The maximum atomic E-state index is 14.0. The molecule has 5 rings (SSSR count). The van der Waals surface area contributed by atoms with Crippen LogP contribution in [0.25, 0.3) is 0 Å². The first-order chi connectivity index (χ1) is 18.6. The van der Waals surface area contributed by atoms with Crippen LogP contribution >= 0.6 is 0 Å². The van der Waals surface area contributed by atoms with Gasteiger partial charge in [0.15, 0.2) is 0 Å². The number of alkyl halides is 3. The third kappa shape index (κ3) is 5.72. The van der Waals surface area contributed by atoms with Crippen LogP contribution in [0.3, 0.4) is 0 Å². The van der Waals surface area contributed by atoms with Gasteiger partial charge in [-0.3, -0.25) is 9.59 Å². The Bertz CT molecular complexity index is 1400. The number of esters is 2. The van der Waals surface area contributed by atoms with Crippen molar-refractivity contribution in [1.82, 2.24) is 0 Å². The first-order valence-electron chi connectivity index (χ1n) is 12.6. The van der Waals surface area contributed by atoms with E-state index < -0.39 is 23.8 Å². The van der Waals surface area contributed by atoms with Crippen molar-refractivity contribution in [2.24, 2.45) is 0 Å². The van der Waals surface area contributed by atoms with Gasteiger partial charge >= 0.3 is 18.1 Å². The van der Waals surface area contributed by atoms with E-state index in [2.05, 4.69) is 0 Å². The summed E-state index contributed by atoms with van der Waals surface area (Å²) in [6.07, 6.45) is -3.61. The standard InChI is InChI=1S/C30H27F3O6/c1-17(34)38-20-5-3-18(4-6-20)13-25-23-10-12-27(24(23)9-11-26(25)30(31,32)33)39-21-7-8-22-19(14-29(35)36-2)16-37-28(22)15-21/h3-9,11,15,19,27H,10,12-14,16H2,1-2H3/t19-,27-/m1/s1. The number of carbonyl (C=O) groups excluding carboxylic acids is 2. The van der Waals surface area contributed by atoms with E-state index in [4.69, 9.17) is 18.9 Å². The van der Waals surface area contributed by atoms with Gasteiger partial charge in [-0.2, -0.15) is 13.2 Å². The number of rotatable bonds is 7. The smallest absolute Gasteiger partial charge is 0.416 e. The van der Waals surface area contributed by atoms with Crippen molar-refractivity contribution in [2.45, 2.75) is 50.8 Å². The highest BCUT2D eigenvalue weighted by molar-refractivity contribution is 5.71. The first kappa shape index (κ1) is 26.6. The summed E-state index contributed by atoms with van der Waals surface area (Å²) < 4.78 is 63.8. The van der Waals surface area contributed by atoms with E-state index in [0.717, 1.165) is 17.2 Å². The molecule has 0 unspecified atom stereocenters. The van der Waals surface area contributed by atoms with Crippen LogP contribution in [0.1, 0.15) is 65.2 Å². The van der Waals surface area contributed by atoms with Gasteiger partial charge < -0.3 is 18.9 Å². The van der Waals surface area contributed by atoms with E-state index >= 15 is 0 Å². The van der Waals surface area contributed by atoms with Crippen molar-refractivity contribution >= 4 is 11.9 Å². The van der Waals surface area contributed by atoms with E-state index in [1.54, 1.807) is 36.4 Å². The van der Waals surface area contributed by atoms with Gasteiger partial charge in [0.1, 0.15) is 23.4 Å². The average Bonchev–Trinajstić information content (AvgIpc) is 3.48. The molecule has 9 heteroatoms. The number of carbonyl (C=O) groups is 2. The molecule has 0 saturated heterocycles. The fraction of sp³-hybridized carbons (Fsp3) is 0.333. The van der Waals surface area contributed by atoms with Gasteiger partial charge in [-0.25, -0.2) is 0 Å². The summed E-state index contributed by atoms with van der Waals surface area (Å²) in [7, 11) is 1.35. The Morgan fingerprint density at radius 1 is 1.00 bits per heavy atom. The zero-order valence-corrected chi connectivity index (χ0v) is 21.5. The van der Waals surface area contributed by atoms with E-state index in [1.165, 1.54) is 20.1 Å². The number of hydrogen-bond acceptors (Lipinski definition) is 6. The second kappa shape index (κ2) is 10.6. The molecule has 204 valence electrons. The Hall–Kier alpha value is -4.01. The lowest BCUT2D eigenvalue weighted by Gasteiger charge is -2.20. The van der Waals surface area contributed by atoms with Gasteiger partial charge in [0, 0.05) is 24.5 Å². The second-order valence-corrected chi connectivity index (χ2v) is 9.70. The van der Waals surface area contributed by atoms with Crippen molar-refractivity contribution in [3.05, 3.63) is 88.0 Å². The Kier molecular flexibility index (Phi) is 7.25. The Morgan fingerprint density at radius 3 is 2.41 bits per heavy atom. The third-order valence-corrected chi connectivity index (χ3v) is 7.13. The molecule has 1 heterocycles. The topological polar surface area (TPSA) is 71.1 Å². The molecular formula is C30H27F3O6. The van der Waals surface area contributed by atoms with Crippen molar-refractivity contribution in [1.29, 1.82) is 0 Å². The first-order valence-corrected chi connectivity index (χ1v) is 12.6. The molecule has 39 heavy (non-hydrogen) atoms. The van der Waals surface area contributed by atoms with Crippen LogP contribution in [0, 0.1) is 0 Å². The van der Waals surface area contributed by atoms with Crippen LogP contribution in [-0.4, -0.2) is 25.7 Å². The molecule has 0 bridgehead atoms. The highest BCUT2D eigenvalue weighted by Gasteiger charge is 2.37. The van der Waals surface area contributed by atoms with Gasteiger partial charge in [0.05, 0.1) is 25.7 Å². The molecule has 6 nitrogen and oxygen atoms in total. The number of halogens is 3. The highest BCUT2D eigenvalue weighted by Crippen LogP contribution is 2.44. The molecule has 1 aliphatic carbocycles. The number of methoxy groups -OCH3 is 1. The Morgan fingerprint density at radius 2 is 1.72 bits per heavy atom. The molecule has 2 atom stereocenters. The molecule has 0 spiro atoms. The van der Waals surface area contributed by atoms with Crippen molar-refractivity contribution < 1.29 is 41.7 Å². The average molecular weight is 541 g/mol. The fourth-order valence-corrected chi connectivity index (χ4v) is 5.32. The molecule has 0 fully saturated rings. The maximum absolute atomic E-state index is 14.0. The number of ether oxygens (including phenoxy) is 4. The maximum Gasteiger partial charge on any atom is 0.416 e. The minimum Gasteiger partial charge on any atom is -0.492 e. The molecule has 0 radical (unpaired) electrons. The molecule has 2 aliphatic rings. The number of hydrogen-bond donors (Lipinski definition) is 0. The summed E-state index contributed by atoms with van der Waals surface area (Å²) in [6.45, 7) is 1.65. The largest absolute Gasteiger partial charge is 0.492 e. The molecule has 0 N–H and O–H groups in total. The van der Waals surface area contributed by atoms with Crippen molar-refractivity contribution in [3.63, 3.8) is 0 Å². The summed E-state index contributed by atoms with van der Waals surface area (Å²) in [5, 5.41) is 0. The van der Waals surface area contributed by atoms with E-state index in [9.17, 15) is 22.8 Å². The third-order valence-electron chi connectivity index (χ3n) is 7.13. The van der Waals surface area contributed by atoms with Gasteiger partial charge in [-0.05, 0) is 65.8 Å². The lowest BCUT2D eigenvalue weighted by atomic mass is 9.92. The van der Waals surface area contributed by atoms with Crippen LogP contribution in [-0.2, 0) is 33.3 Å². The summed E-state index contributed by atoms with van der Waals surface area (Å²) in [5.41, 5.74) is 2.53. The Balaban J connectivity index is 1.39. The molecule has 1 aliphatic heterocycles. The predicted octanol–water partition coefficient (Wildman–Crippen LogP) is 6.33. The van der Waals surface area contributed by atoms with Gasteiger partial charge in [0.25, 0.3) is 0 Å². The quantitative estimate of drug-likeness (QED) is 0.258. The van der Waals surface area contributed by atoms with Gasteiger partial charge in [-0.15, -0.1) is 0 Å². The zero-order valence-electron chi connectivity index (χ0n) is 21.5. The van der Waals surface area contributed by atoms with Crippen LogP contribution in [0.2, 0.25) is 0 Å². The highest BCUT2D eigenvalue weighted by atomic mass is 19.4. The van der Waals surface area contributed by atoms with E-state index in [0.29, 0.717) is 47.8 Å². The normalized spacial score (nSPS) is 17.7. The lowest BCUT2D eigenvalue weighted by molar-refractivity contribution is -0.141. The van der Waals surface area contributed by atoms with E-state index in [-0.39, 0.29) is 30.3 Å². The molecule has 0 aromatic heterocycles. The van der Waals surface area contributed by atoms with Crippen LogP contribution in [0.4, 0.5) is 13.2 Å². The monoisotopic (exact) mass is 540 g/mol. The summed E-state index contributed by atoms with van der Waals surface area (Å²) in [6, 6.07) is 14.5. The zero-order chi connectivity index (χ0) is 27.7. The molecule has 3 aromatic carbocycles. The van der Waals surface area contributed by atoms with Gasteiger partial charge in [-0.1, -0.05) is 24.3 Å². The summed E-state index contributed by atoms with van der Waals surface area (Å²) in [4.78, 5) is 22.9. The van der Waals surface area contributed by atoms with Crippen LogP contribution in [0.15, 0.2) is 54.6 Å². The second-order valence-electron chi connectivity index (χ2n) is 9.70. The lowest BCUT2D eigenvalue weighted by Crippen LogP contribution is -2.13. The molecule has 0 saturated carbocycles. The fourth-order valence-electron chi connectivity index (χ4n) is 5.32. The Labute approximate surface area is 223 Å². The molecule has 0 amide bonds. The minimum atomic E-state index is -4.50. The molecule has 3 aromatic rings. The van der Waals surface area contributed by atoms with Crippen LogP contribution in [0.5, 0.6) is 17.2 Å². The summed E-state index contributed by atoms with van der Waals surface area (Å²) >= 11 is 0. The van der Waals surface area contributed by atoms with Crippen molar-refractivity contribution in [2.75, 3.05) is 13.7 Å². The van der Waals surface area contributed by atoms with Crippen LogP contribution < -0.4 is 14.2 Å². The number of fused-ring (bicyclic) bond motifs is 2. The van der Waals surface area contributed by atoms with Crippen molar-refractivity contribution in [3.8, 4) is 17.2 Å². The van der Waals surface area contributed by atoms with E-state index in [1.807, 2.05) is 6.07 Å². The summed E-state index contributed by atoms with van der Waals surface area (Å²) in [5.74, 6) is 0.639. The number of benzene rings is 3. The molecular weight excluding hydrogens is 513 g/mol. The minimum absolute atomic E-state index is 0.0827.